The van der Waals surface area contributed by atoms with E-state index < -0.39 is 9.84 Å². The predicted molar refractivity (Wildman–Crippen MR) is 103 cm³/mol. The predicted octanol–water partition coefficient (Wildman–Crippen LogP) is 3.76. The maximum Gasteiger partial charge on any atom is 0.233 e. The number of aryl methyl sites for hydroxylation is 1. The van der Waals surface area contributed by atoms with Crippen LogP contribution < -0.4 is 5.32 Å². The number of hydrogen-bond acceptors (Lipinski definition) is 4. The quantitative estimate of drug-likeness (QED) is 0.779. The van der Waals surface area contributed by atoms with Gasteiger partial charge in [0.25, 0.3) is 0 Å². The molecule has 134 valence electrons. The Morgan fingerprint density at radius 1 is 1.00 bits per heavy atom. The normalized spacial score (nSPS) is 13.9. The average molecular weight is 378 g/mol. The second-order valence-electron chi connectivity index (χ2n) is 6.14. The number of sulfone groups is 1. The van der Waals surface area contributed by atoms with E-state index in [2.05, 4.69) is 5.32 Å². The largest absolute Gasteiger partial charge is 0.349 e. The van der Waals surface area contributed by atoms with Gasteiger partial charge in [-0.1, -0.05) is 29.8 Å². The number of nitrogens with one attached hydrogen (secondary N) is 1. The van der Waals surface area contributed by atoms with E-state index in [1.807, 2.05) is 45.0 Å². The Balaban J connectivity index is 1.97. The fraction of sp³-hybridized carbons (Fsp3) is 0.316. The molecule has 0 saturated carbocycles. The van der Waals surface area contributed by atoms with E-state index in [1.54, 1.807) is 24.3 Å². The van der Waals surface area contributed by atoms with E-state index in [1.165, 1.54) is 23.6 Å². The Kier molecular flexibility index (Phi) is 6.30. The first kappa shape index (κ1) is 19.5. The van der Waals surface area contributed by atoms with E-state index in [9.17, 15) is 13.2 Å². The summed E-state index contributed by atoms with van der Waals surface area (Å²) in [5.41, 5.74) is 2.06. The highest BCUT2D eigenvalue weighted by molar-refractivity contribution is 8.00. The molecule has 1 amide bonds. The van der Waals surface area contributed by atoms with Gasteiger partial charge in [-0.3, -0.25) is 4.79 Å². The second kappa shape index (κ2) is 8.06. The molecule has 2 aromatic carbocycles. The number of amides is 1. The van der Waals surface area contributed by atoms with E-state index in [0.717, 1.165) is 10.5 Å². The number of carbonyl (C=O) groups is 1. The van der Waals surface area contributed by atoms with Gasteiger partial charge in [-0.05, 0) is 50.6 Å². The zero-order valence-electron chi connectivity index (χ0n) is 14.8. The third-order valence-corrected chi connectivity index (χ3v) is 6.11. The van der Waals surface area contributed by atoms with Crippen molar-refractivity contribution in [2.24, 2.45) is 0 Å². The zero-order chi connectivity index (χ0) is 18.6. The number of hydrogen-bond donors (Lipinski definition) is 1. The van der Waals surface area contributed by atoms with Gasteiger partial charge >= 0.3 is 0 Å². The minimum atomic E-state index is -3.21. The molecule has 6 heteroatoms. The van der Waals surface area contributed by atoms with Crippen LogP contribution in [-0.4, -0.2) is 25.8 Å². The summed E-state index contributed by atoms with van der Waals surface area (Å²) in [4.78, 5) is 13.7. The lowest BCUT2D eigenvalue weighted by atomic mass is 10.1. The first-order valence-electron chi connectivity index (χ1n) is 8.00. The highest BCUT2D eigenvalue weighted by Gasteiger charge is 2.17. The Morgan fingerprint density at radius 3 is 2.08 bits per heavy atom. The fourth-order valence-electron chi connectivity index (χ4n) is 2.29. The van der Waals surface area contributed by atoms with Gasteiger partial charge in [-0.15, -0.1) is 11.8 Å². The lowest BCUT2D eigenvalue weighted by Crippen LogP contribution is -2.33. The van der Waals surface area contributed by atoms with Crippen molar-refractivity contribution in [3.8, 4) is 0 Å². The summed E-state index contributed by atoms with van der Waals surface area (Å²) < 4.78 is 23.0. The van der Waals surface area contributed by atoms with Crippen molar-refractivity contribution >= 4 is 27.5 Å². The van der Waals surface area contributed by atoms with E-state index in [0.29, 0.717) is 0 Å². The summed E-state index contributed by atoms with van der Waals surface area (Å²) in [5.74, 6) is -0.0507. The fourth-order valence-corrected chi connectivity index (χ4v) is 3.80. The molecule has 25 heavy (non-hydrogen) atoms. The van der Waals surface area contributed by atoms with Gasteiger partial charge in [0.15, 0.2) is 9.84 Å². The summed E-state index contributed by atoms with van der Waals surface area (Å²) in [6, 6.07) is 14.5. The molecule has 0 aromatic heterocycles. The van der Waals surface area contributed by atoms with Crippen molar-refractivity contribution in [3.05, 3.63) is 59.7 Å². The van der Waals surface area contributed by atoms with Gasteiger partial charge in [0, 0.05) is 11.2 Å². The van der Waals surface area contributed by atoms with Gasteiger partial charge in [0.05, 0.1) is 16.2 Å². The van der Waals surface area contributed by atoms with Crippen molar-refractivity contribution in [3.63, 3.8) is 0 Å². The van der Waals surface area contributed by atoms with Gasteiger partial charge in [-0.2, -0.15) is 0 Å². The van der Waals surface area contributed by atoms with E-state index in [4.69, 9.17) is 0 Å². The van der Waals surface area contributed by atoms with E-state index >= 15 is 0 Å². The zero-order valence-corrected chi connectivity index (χ0v) is 16.4. The lowest BCUT2D eigenvalue weighted by molar-refractivity contribution is -0.120. The van der Waals surface area contributed by atoms with E-state index in [-0.39, 0.29) is 22.1 Å². The van der Waals surface area contributed by atoms with Crippen LogP contribution >= 0.6 is 11.8 Å². The summed E-state index contributed by atoms with van der Waals surface area (Å²) in [7, 11) is -3.21. The molecule has 0 fully saturated rings. The summed E-state index contributed by atoms with van der Waals surface area (Å²) in [6.07, 6.45) is 1.18. The summed E-state index contributed by atoms with van der Waals surface area (Å²) in [5, 5.41) is 2.75. The van der Waals surface area contributed by atoms with Crippen LogP contribution in [0.1, 0.15) is 31.0 Å². The minimum Gasteiger partial charge on any atom is -0.349 e. The molecule has 2 rings (SSSR count). The standard InChI is InChI=1S/C19H23NO3S2/c1-13-5-9-17(10-6-13)24-15(3)19(21)20-14(2)16-7-11-18(12-8-16)25(4,22)23/h5-12,14-15H,1-4H3,(H,20,21)/t14-,15-/m0/s1. The molecule has 1 N–H and O–H groups in total. The minimum absolute atomic E-state index is 0.0507. The second-order valence-corrected chi connectivity index (χ2v) is 9.57. The number of benzene rings is 2. The van der Waals surface area contributed by atoms with Gasteiger partial charge in [0.1, 0.15) is 0 Å². The Labute approximate surface area is 154 Å². The molecular formula is C19H23NO3S2. The molecule has 0 aliphatic carbocycles. The Morgan fingerprint density at radius 2 is 1.56 bits per heavy atom. The number of rotatable bonds is 6. The molecule has 4 nitrogen and oxygen atoms in total. The molecule has 0 heterocycles. The maximum absolute atomic E-state index is 12.4. The molecular weight excluding hydrogens is 354 g/mol. The maximum atomic E-state index is 12.4. The number of carbonyl (C=O) groups excluding carboxylic acids is 1. The number of thioether (sulfide) groups is 1. The first-order valence-corrected chi connectivity index (χ1v) is 10.8. The molecule has 0 unspecified atom stereocenters. The van der Waals surface area contributed by atoms with Crippen LogP contribution in [0.2, 0.25) is 0 Å². The summed E-state index contributed by atoms with van der Waals surface area (Å²) >= 11 is 1.51. The van der Waals surface area contributed by atoms with Crippen LogP contribution in [0.5, 0.6) is 0 Å². The molecule has 0 bridgehead atoms. The molecule has 2 atom stereocenters. The average Bonchev–Trinajstić information content (AvgIpc) is 2.56. The first-order chi connectivity index (χ1) is 11.7. The van der Waals surface area contributed by atoms with Gasteiger partial charge < -0.3 is 5.32 Å². The molecule has 0 radical (unpaired) electrons. The molecule has 2 aromatic rings. The van der Waals surface area contributed by atoms with Crippen molar-refractivity contribution in [2.75, 3.05) is 6.26 Å². The highest BCUT2D eigenvalue weighted by atomic mass is 32.2. The third kappa shape index (κ3) is 5.61. The molecule has 0 aliphatic heterocycles. The van der Waals surface area contributed by atoms with Crippen molar-refractivity contribution in [1.29, 1.82) is 0 Å². The monoisotopic (exact) mass is 377 g/mol. The Bertz CT molecular complexity index is 828. The molecule has 0 aliphatic rings. The highest BCUT2D eigenvalue weighted by Crippen LogP contribution is 2.24. The topological polar surface area (TPSA) is 63.2 Å². The molecule has 0 saturated heterocycles. The third-order valence-electron chi connectivity index (χ3n) is 3.87. The van der Waals surface area contributed by atoms with Crippen molar-refractivity contribution < 1.29 is 13.2 Å². The smallest absolute Gasteiger partial charge is 0.233 e. The molecule has 0 spiro atoms. The van der Waals surface area contributed by atoms with Crippen molar-refractivity contribution in [2.45, 2.75) is 41.9 Å². The summed E-state index contributed by atoms with van der Waals surface area (Å²) in [6.45, 7) is 5.79. The van der Waals surface area contributed by atoms with Crippen LogP contribution in [0.25, 0.3) is 0 Å². The van der Waals surface area contributed by atoms with Crippen LogP contribution in [0.15, 0.2) is 58.3 Å². The van der Waals surface area contributed by atoms with Crippen LogP contribution in [0, 0.1) is 6.92 Å². The van der Waals surface area contributed by atoms with Crippen LogP contribution in [-0.2, 0) is 14.6 Å². The van der Waals surface area contributed by atoms with Gasteiger partial charge in [0.2, 0.25) is 5.91 Å². The van der Waals surface area contributed by atoms with Gasteiger partial charge in [-0.25, -0.2) is 8.42 Å². The van der Waals surface area contributed by atoms with Crippen LogP contribution in [0.3, 0.4) is 0 Å². The van der Waals surface area contributed by atoms with Crippen LogP contribution in [0.4, 0.5) is 0 Å². The Hall–Kier alpha value is -1.79. The SMILES string of the molecule is Cc1ccc(S[C@@H](C)C(=O)N[C@@H](C)c2ccc(S(C)(=O)=O)cc2)cc1. The lowest BCUT2D eigenvalue weighted by Gasteiger charge is -2.18. The van der Waals surface area contributed by atoms with Crippen molar-refractivity contribution in [1.82, 2.24) is 5.32 Å².